The first kappa shape index (κ1) is 17.0. The van der Waals surface area contributed by atoms with Crippen molar-refractivity contribution in [3.05, 3.63) is 46.9 Å². The molecule has 0 saturated heterocycles. The largest absolute Gasteiger partial charge is 0.466 e. The normalized spacial score (nSPS) is 13.4. The number of rotatable bonds is 5. The van der Waals surface area contributed by atoms with Crippen LogP contribution in [0.3, 0.4) is 0 Å². The standard InChI is InChI=1S/C16H22N4O3/c1-10-7-14(11(2)23-10)16(4,22)9-19-15(21)18-8-13-5-6-17-12(3)20-13/h5-7,22H,8-9H2,1-4H3,(H2,18,19,21)/t16-/m0/s1. The molecule has 2 aromatic heterocycles. The van der Waals surface area contributed by atoms with E-state index in [2.05, 4.69) is 20.6 Å². The zero-order chi connectivity index (χ0) is 17.0. The molecule has 2 amide bonds. The summed E-state index contributed by atoms with van der Waals surface area (Å²) in [6.45, 7) is 7.39. The molecule has 1 atom stereocenters. The Labute approximate surface area is 135 Å². The summed E-state index contributed by atoms with van der Waals surface area (Å²) in [4.78, 5) is 20.1. The van der Waals surface area contributed by atoms with Gasteiger partial charge in [-0.1, -0.05) is 0 Å². The van der Waals surface area contributed by atoms with E-state index < -0.39 is 5.60 Å². The number of amides is 2. The van der Waals surface area contributed by atoms with Crippen molar-refractivity contribution >= 4 is 6.03 Å². The second-order valence-electron chi connectivity index (χ2n) is 5.73. The molecule has 124 valence electrons. The van der Waals surface area contributed by atoms with Crippen molar-refractivity contribution in [2.24, 2.45) is 0 Å². The molecule has 23 heavy (non-hydrogen) atoms. The summed E-state index contributed by atoms with van der Waals surface area (Å²) in [7, 11) is 0. The Morgan fingerprint density at radius 3 is 2.70 bits per heavy atom. The molecule has 0 radical (unpaired) electrons. The zero-order valence-corrected chi connectivity index (χ0v) is 13.8. The van der Waals surface area contributed by atoms with Gasteiger partial charge in [0.2, 0.25) is 0 Å². The van der Waals surface area contributed by atoms with Crippen LogP contribution in [0.25, 0.3) is 0 Å². The third-order valence-electron chi connectivity index (χ3n) is 3.48. The number of aromatic nitrogens is 2. The molecule has 0 spiro atoms. The van der Waals surface area contributed by atoms with E-state index in [1.807, 2.05) is 6.92 Å². The lowest BCUT2D eigenvalue weighted by molar-refractivity contribution is 0.0579. The number of hydrogen-bond acceptors (Lipinski definition) is 5. The fourth-order valence-electron chi connectivity index (χ4n) is 2.35. The Morgan fingerprint density at radius 1 is 1.35 bits per heavy atom. The van der Waals surface area contributed by atoms with Crippen molar-refractivity contribution in [2.45, 2.75) is 39.8 Å². The lowest BCUT2D eigenvalue weighted by Crippen LogP contribution is -2.43. The summed E-state index contributed by atoms with van der Waals surface area (Å²) in [6, 6.07) is 3.14. The van der Waals surface area contributed by atoms with Crippen LogP contribution < -0.4 is 10.6 Å². The minimum absolute atomic E-state index is 0.0709. The van der Waals surface area contributed by atoms with Crippen molar-refractivity contribution in [2.75, 3.05) is 6.54 Å². The van der Waals surface area contributed by atoms with Gasteiger partial charge in [-0.05, 0) is 39.8 Å². The Bertz CT molecular complexity index is 694. The van der Waals surface area contributed by atoms with Crippen LogP contribution in [0.5, 0.6) is 0 Å². The molecule has 2 rings (SSSR count). The van der Waals surface area contributed by atoms with Gasteiger partial charge in [0.1, 0.15) is 22.9 Å². The molecule has 2 heterocycles. The molecule has 0 aliphatic carbocycles. The summed E-state index contributed by atoms with van der Waals surface area (Å²) >= 11 is 0. The highest BCUT2D eigenvalue weighted by atomic mass is 16.3. The molecule has 0 bridgehead atoms. The molecule has 0 aliphatic heterocycles. The first-order valence-electron chi connectivity index (χ1n) is 7.38. The minimum atomic E-state index is -1.20. The van der Waals surface area contributed by atoms with Crippen LogP contribution in [0.4, 0.5) is 4.79 Å². The van der Waals surface area contributed by atoms with Gasteiger partial charge in [0.15, 0.2) is 0 Å². The Morgan fingerprint density at radius 2 is 2.09 bits per heavy atom. The quantitative estimate of drug-likeness (QED) is 0.779. The van der Waals surface area contributed by atoms with Crippen molar-refractivity contribution in [1.29, 1.82) is 0 Å². The maximum atomic E-state index is 11.9. The number of nitrogens with zero attached hydrogens (tertiary/aromatic N) is 2. The molecule has 0 saturated carbocycles. The Hall–Kier alpha value is -2.41. The second-order valence-corrected chi connectivity index (χ2v) is 5.73. The summed E-state index contributed by atoms with van der Waals surface area (Å²) in [6.07, 6.45) is 1.64. The van der Waals surface area contributed by atoms with Crippen LogP contribution in [-0.4, -0.2) is 27.7 Å². The highest BCUT2D eigenvalue weighted by Crippen LogP contribution is 2.26. The van der Waals surface area contributed by atoms with Crippen molar-refractivity contribution in [3.8, 4) is 0 Å². The van der Waals surface area contributed by atoms with Gasteiger partial charge in [0.05, 0.1) is 18.8 Å². The molecule has 0 aliphatic rings. The van der Waals surface area contributed by atoms with Gasteiger partial charge in [-0.2, -0.15) is 0 Å². The van der Waals surface area contributed by atoms with Gasteiger partial charge in [-0.15, -0.1) is 0 Å². The predicted molar refractivity (Wildman–Crippen MR) is 84.8 cm³/mol. The topological polar surface area (TPSA) is 100 Å². The molecule has 0 unspecified atom stereocenters. The van der Waals surface area contributed by atoms with E-state index >= 15 is 0 Å². The molecular weight excluding hydrogens is 296 g/mol. The molecule has 0 aromatic carbocycles. The number of hydrogen-bond donors (Lipinski definition) is 3. The molecule has 0 fully saturated rings. The van der Waals surface area contributed by atoms with E-state index in [9.17, 15) is 9.90 Å². The van der Waals surface area contributed by atoms with E-state index in [1.54, 1.807) is 39.1 Å². The third kappa shape index (κ3) is 4.53. The summed E-state index contributed by atoms with van der Waals surface area (Å²) in [5, 5.41) is 15.9. The first-order chi connectivity index (χ1) is 10.8. The highest BCUT2D eigenvalue weighted by Gasteiger charge is 2.28. The summed E-state index contributed by atoms with van der Waals surface area (Å²) in [5.41, 5.74) is 0.187. The van der Waals surface area contributed by atoms with Crippen LogP contribution in [0.15, 0.2) is 22.7 Å². The van der Waals surface area contributed by atoms with Crippen molar-refractivity contribution < 1.29 is 14.3 Å². The minimum Gasteiger partial charge on any atom is -0.466 e. The molecule has 7 heteroatoms. The summed E-state index contributed by atoms with van der Waals surface area (Å²) in [5.74, 6) is 2.02. The second kappa shape index (κ2) is 6.78. The Kier molecular flexibility index (Phi) is 5.00. The monoisotopic (exact) mass is 318 g/mol. The van der Waals surface area contributed by atoms with Crippen LogP contribution in [0, 0.1) is 20.8 Å². The van der Waals surface area contributed by atoms with E-state index in [0.717, 1.165) is 11.5 Å². The van der Waals surface area contributed by atoms with Crippen molar-refractivity contribution in [1.82, 2.24) is 20.6 Å². The van der Waals surface area contributed by atoms with E-state index in [1.165, 1.54) is 0 Å². The zero-order valence-electron chi connectivity index (χ0n) is 13.8. The van der Waals surface area contributed by atoms with E-state index in [-0.39, 0.29) is 12.6 Å². The number of nitrogens with one attached hydrogen (secondary N) is 2. The maximum Gasteiger partial charge on any atom is 0.315 e. The van der Waals surface area contributed by atoms with Gasteiger partial charge >= 0.3 is 6.03 Å². The van der Waals surface area contributed by atoms with E-state index in [0.29, 0.717) is 23.7 Å². The van der Waals surface area contributed by atoms with Crippen molar-refractivity contribution in [3.63, 3.8) is 0 Å². The smallest absolute Gasteiger partial charge is 0.315 e. The number of carbonyl (C=O) groups excluding carboxylic acids is 1. The lowest BCUT2D eigenvalue weighted by atomic mass is 9.96. The third-order valence-corrected chi connectivity index (χ3v) is 3.48. The fourth-order valence-corrected chi connectivity index (χ4v) is 2.35. The number of aliphatic hydroxyl groups is 1. The van der Waals surface area contributed by atoms with Gasteiger partial charge < -0.3 is 20.2 Å². The molecule has 7 nitrogen and oxygen atoms in total. The number of aryl methyl sites for hydroxylation is 3. The summed E-state index contributed by atoms with van der Waals surface area (Å²) < 4.78 is 5.42. The average molecular weight is 318 g/mol. The van der Waals surface area contributed by atoms with Crippen LogP contribution in [0.2, 0.25) is 0 Å². The number of furan rings is 1. The van der Waals surface area contributed by atoms with Crippen LogP contribution >= 0.6 is 0 Å². The fraction of sp³-hybridized carbons (Fsp3) is 0.438. The Balaban J connectivity index is 1.87. The lowest BCUT2D eigenvalue weighted by Gasteiger charge is -2.23. The van der Waals surface area contributed by atoms with Gasteiger partial charge in [-0.25, -0.2) is 14.8 Å². The average Bonchev–Trinajstić information content (AvgIpc) is 2.83. The first-order valence-corrected chi connectivity index (χ1v) is 7.38. The SMILES string of the molecule is Cc1nccc(CNC(=O)NC[C@](C)(O)c2cc(C)oc2C)n1. The van der Waals surface area contributed by atoms with Gasteiger partial charge in [0, 0.05) is 11.8 Å². The van der Waals surface area contributed by atoms with Gasteiger partial charge in [-0.3, -0.25) is 0 Å². The molecule has 3 N–H and O–H groups in total. The number of urea groups is 1. The molecule has 2 aromatic rings. The maximum absolute atomic E-state index is 11.9. The number of carbonyl (C=O) groups is 1. The predicted octanol–water partition coefficient (Wildman–Crippen LogP) is 1.70. The van der Waals surface area contributed by atoms with Gasteiger partial charge in [0.25, 0.3) is 0 Å². The van der Waals surface area contributed by atoms with Crippen LogP contribution in [-0.2, 0) is 12.1 Å². The van der Waals surface area contributed by atoms with E-state index in [4.69, 9.17) is 4.42 Å². The highest BCUT2D eigenvalue weighted by molar-refractivity contribution is 5.73. The van der Waals surface area contributed by atoms with Crippen LogP contribution in [0.1, 0.15) is 35.5 Å². The molecular formula is C16H22N4O3.